The average molecular weight is 295 g/mol. The van der Waals surface area contributed by atoms with Crippen LogP contribution in [0.3, 0.4) is 0 Å². The molecule has 1 N–H and O–H groups in total. The molecule has 2 rings (SSSR count). The van der Waals surface area contributed by atoms with Gasteiger partial charge in [-0.1, -0.05) is 67.6 Å². The molecule has 22 heavy (non-hydrogen) atoms. The van der Waals surface area contributed by atoms with Crippen molar-refractivity contribution >= 4 is 0 Å². The summed E-state index contributed by atoms with van der Waals surface area (Å²) < 4.78 is 0. The van der Waals surface area contributed by atoms with E-state index in [2.05, 4.69) is 93.7 Å². The fourth-order valence-corrected chi connectivity index (χ4v) is 2.93. The van der Waals surface area contributed by atoms with Gasteiger partial charge in [-0.2, -0.15) is 0 Å². The van der Waals surface area contributed by atoms with Crippen LogP contribution in [0, 0.1) is 0 Å². The maximum atomic E-state index is 3.73. The highest BCUT2D eigenvalue weighted by Gasteiger charge is 2.31. The minimum atomic E-state index is 0.131. The molecule has 0 aliphatic carbocycles. The van der Waals surface area contributed by atoms with Gasteiger partial charge in [0.1, 0.15) is 0 Å². The van der Waals surface area contributed by atoms with Crippen LogP contribution in [0.4, 0.5) is 0 Å². The Morgan fingerprint density at radius 1 is 0.818 bits per heavy atom. The number of nitrogens with one attached hydrogen (secondary N) is 1. The zero-order chi connectivity index (χ0) is 16.1. The SMILES string of the molecule is CCC(CNC(C)(C)C)(Cc1ccccc1)c1ccccc1. The molecule has 0 saturated heterocycles. The fraction of sp³-hybridized carbons (Fsp3) is 0.429. The van der Waals surface area contributed by atoms with Crippen LogP contribution in [-0.2, 0) is 11.8 Å². The first-order valence-electron chi connectivity index (χ1n) is 8.30. The minimum absolute atomic E-state index is 0.131. The van der Waals surface area contributed by atoms with Crippen LogP contribution < -0.4 is 5.32 Å². The van der Waals surface area contributed by atoms with E-state index in [9.17, 15) is 0 Å². The number of hydrogen-bond donors (Lipinski definition) is 1. The summed E-state index contributed by atoms with van der Waals surface area (Å²) in [7, 11) is 0. The second-order valence-corrected chi connectivity index (χ2v) is 7.27. The maximum absolute atomic E-state index is 3.73. The van der Waals surface area contributed by atoms with Crippen LogP contribution in [0.1, 0.15) is 45.2 Å². The molecule has 0 radical (unpaired) electrons. The fourth-order valence-electron chi connectivity index (χ4n) is 2.93. The number of hydrogen-bond acceptors (Lipinski definition) is 1. The first-order chi connectivity index (χ1) is 10.5. The van der Waals surface area contributed by atoms with Crippen molar-refractivity contribution < 1.29 is 0 Å². The summed E-state index contributed by atoms with van der Waals surface area (Å²) in [6.45, 7) is 10.0. The van der Waals surface area contributed by atoms with E-state index in [1.165, 1.54) is 11.1 Å². The lowest BCUT2D eigenvalue weighted by atomic mass is 9.73. The summed E-state index contributed by atoms with van der Waals surface area (Å²) in [5, 5.41) is 3.73. The number of benzene rings is 2. The summed E-state index contributed by atoms with van der Waals surface area (Å²) in [5.74, 6) is 0. The van der Waals surface area contributed by atoms with Gasteiger partial charge in [0.15, 0.2) is 0 Å². The molecule has 1 nitrogen and oxygen atoms in total. The molecular formula is C21H29N. The molecule has 0 bridgehead atoms. The Morgan fingerprint density at radius 3 is 1.86 bits per heavy atom. The van der Waals surface area contributed by atoms with Gasteiger partial charge in [0.05, 0.1) is 0 Å². The van der Waals surface area contributed by atoms with Crippen LogP contribution in [0.25, 0.3) is 0 Å². The lowest BCUT2D eigenvalue weighted by Crippen LogP contribution is -2.47. The Bertz CT molecular complexity index is 553. The zero-order valence-corrected chi connectivity index (χ0v) is 14.4. The monoisotopic (exact) mass is 295 g/mol. The van der Waals surface area contributed by atoms with E-state index >= 15 is 0 Å². The highest BCUT2D eigenvalue weighted by atomic mass is 15.0. The van der Waals surface area contributed by atoms with Crippen molar-refractivity contribution in [2.45, 2.75) is 51.5 Å². The van der Waals surface area contributed by atoms with Crippen molar-refractivity contribution in [2.24, 2.45) is 0 Å². The Morgan fingerprint density at radius 2 is 1.36 bits per heavy atom. The molecule has 0 aromatic heterocycles. The minimum Gasteiger partial charge on any atom is -0.311 e. The zero-order valence-electron chi connectivity index (χ0n) is 14.4. The quantitative estimate of drug-likeness (QED) is 0.793. The van der Waals surface area contributed by atoms with Gasteiger partial charge in [-0.3, -0.25) is 0 Å². The molecule has 1 unspecified atom stereocenters. The largest absolute Gasteiger partial charge is 0.311 e. The van der Waals surface area contributed by atoms with E-state index in [1.54, 1.807) is 0 Å². The van der Waals surface area contributed by atoms with Crippen LogP contribution in [0.5, 0.6) is 0 Å². The lowest BCUT2D eigenvalue weighted by molar-refractivity contribution is 0.318. The molecule has 0 fully saturated rings. The topological polar surface area (TPSA) is 12.0 Å². The molecular weight excluding hydrogens is 266 g/mol. The van der Waals surface area contributed by atoms with E-state index in [4.69, 9.17) is 0 Å². The summed E-state index contributed by atoms with van der Waals surface area (Å²) in [5.41, 5.74) is 3.10. The molecule has 1 heteroatoms. The van der Waals surface area contributed by atoms with Gasteiger partial charge in [-0.05, 0) is 44.7 Å². The molecule has 0 aliphatic rings. The predicted octanol–water partition coefficient (Wildman–Crippen LogP) is 4.97. The molecule has 2 aromatic rings. The number of rotatable bonds is 6. The normalized spacial score (nSPS) is 14.5. The maximum Gasteiger partial charge on any atom is 0.0116 e. The van der Waals surface area contributed by atoms with Crippen molar-refractivity contribution in [1.29, 1.82) is 0 Å². The van der Waals surface area contributed by atoms with Gasteiger partial charge in [0, 0.05) is 17.5 Å². The first-order valence-corrected chi connectivity index (χ1v) is 8.30. The Labute approximate surface area is 135 Å². The van der Waals surface area contributed by atoms with Crippen molar-refractivity contribution in [3.63, 3.8) is 0 Å². The predicted molar refractivity (Wildman–Crippen MR) is 96.3 cm³/mol. The van der Waals surface area contributed by atoms with Crippen LogP contribution in [0.2, 0.25) is 0 Å². The van der Waals surface area contributed by atoms with E-state index in [1.807, 2.05) is 0 Å². The van der Waals surface area contributed by atoms with Crippen molar-refractivity contribution in [3.8, 4) is 0 Å². The third-order valence-corrected chi connectivity index (χ3v) is 4.41. The molecule has 0 spiro atoms. The molecule has 118 valence electrons. The summed E-state index contributed by atoms with van der Waals surface area (Å²) in [6.07, 6.45) is 2.19. The highest BCUT2D eigenvalue weighted by molar-refractivity contribution is 5.30. The standard InChI is InChI=1S/C21H29N/c1-5-21(17-22-20(2,3)4,19-14-10-7-11-15-19)16-18-12-8-6-9-13-18/h6-15,22H,5,16-17H2,1-4H3. The van der Waals surface area contributed by atoms with Crippen LogP contribution in [0.15, 0.2) is 60.7 Å². The van der Waals surface area contributed by atoms with Gasteiger partial charge in [0.2, 0.25) is 0 Å². The second kappa shape index (κ2) is 7.11. The molecule has 0 aliphatic heterocycles. The van der Waals surface area contributed by atoms with Gasteiger partial charge in [-0.15, -0.1) is 0 Å². The summed E-state index contributed by atoms with van der Waals surface area (Å²) in [4.78, 5) is 0. The molecule has 1 atom stereocenters. The Kier molecular flexibility index (Phi) is 5.42. The Hall–Kier alpha value is -1.60. The summed E-state index contributed by atoms with van der Waals surface area (Å²) >= 11 is 0. The van der Waals surface area contributed by atoms with Gasteiger partial charge < -0.3 is 5.32 Å². The third-order valence-electron chi connectivity index (χ3n) is 4.41. The van der Waals surface area contributed by atoms with Crippen LogP contribution >= 0.6 is 0 Å². The molecule has 0 amide bonds. The van der Waals surface area contributed by atoms with Crippen molar-refractivity contribution in [3.05, 3.63) is 71.8 Å². The van der Waals surface area contributed by atoms with Gasteiger partial charge in [-0.25, -0.2) is 0 Å². The lowest BCUT2D eigenvalue weighted by Gasteiger charge is -2.37. The molecule has 2 aromatic carbocycles. The highest BCUT2D eigenvalue weighted by Crippen LogP contribution is 2.32. The Balaban J connectivity index is 2.33. The third kappa shape index (κ3) is 4.45. The van der Waals surface area contributed by atoms with E-state index < -0.39 is 0 Å². The van der Waals surface area contributed by atoms with Crippen molar-refractivity contribution in [1.82, 2.24) is 5.32 Å². The first kappa shape index (κ1) is 16.8. The second-order valence-electron chi connectivity index (χ2n) is 7.27. The van der Waals surface area contributed by atoms with Crippen LogP contribution in [-0.4, -0.2) is 12.1 Å². The summed E-state index contributed by atoms with van der Waals surface area (Å²) in [6, 6.07) is 21.8. The smallest absolute Gasteiger partial charge is 0.0116 e. The van der Waals surface area contributed by atoms with E-state index in [0.717, 1.165) is 19.4 Å². The van der Waals surface area contributed by atoms with Gasteiger partial charge >= 0.3 is 0 Å². The van der Waals surface area contributed by atoms with E-state index in [-0.39, 0.29) is 11.0 Å². The average Bonchev–Trinajstić information content (AvgIpc) is 2.52. The van der Waals surface area contributed by atoms with Gasteiger partial charge in [0.25, 0.3) is 0 Å². The molecule has 0 heterocycles. The van der Waals surface area contributed by atoms with E-state index in [0.29, 0.717) is 0 Å². The van der Waals surface area contributed by atoms with Crippen molar-refractivity contribution in [2.75, 3.05) is 6.54 Å². The molecule has 0 saturated carbocycles.